The van der Waals surface area contributed by atoms with Crippen LogP contribution in [0.3, 0.4) is 0 Å². The maximum Gasteiger partial charge on any atom is 0.271 e. The van der Waals surface area contributed by atoms with E-state index in [1.165, 1.54) is 17.3 Å². The number of anilines is 1. The third-order valence-electron chi connectivity index (χ3n) is 2.52. The summed E-state index contributed by atoms with van der Waals surface area (Å²) in [6.45, 7) is 0.895. The first kappa shape index (κ1) is 13.5. The molecule has 1 aliphatic heterocycles. The Kier molecular flexibility index (Phi) is 5.12. The summed E-state index contributed by atoms with van der Waals surface area (Å²) in [7, 11) is 1.58. The summed E-state index contributed by atoms with van der Waals surface area (Å²) < 4.78 is 0. The predicted octanol–water partition coefficient (Wildman–Crippen LogP) is 1.10. The lowest BCUT2D eigenvalue weighted by Gasteiger charge is -2.21. The SMILES string of the molecule is CNC(=O)c1ccc(NCC2CSCCS2)nn1. The van der Waals surface area contributed by atoms with Gasteiger partial charge in [-0.05, 0) is 12.1 Å². The van der Waals surface area contributed by atoms with E-state index in [-0.39, 0.29) is 5.91 Å². The van der Waals surface area contributed by atoms with Crippen molar-refractivity contribution in [1.82, 2.24) is 15.5 Å². The summed E-state index contributed by atoms with van der Waals surface area (Å²) >= 11 is 4.00. The highest BCUT2D eigenvalue weighted by molar-refractivity contribution is 8.06. The van der Waals surface area contributed by atoms with Crippen LogP contribution >= 0.6 is 23.5 Å². The van der Waals surface area contributed by atoms with Crippen molar-refractivity contribution >= 4 is 35.2 Å². The van der Waals surface area contributed by atoms with E-state index in [1.807, 2.05) is 23.5 Å². The van der Waals surface area contributed by atoms with E-state index in [4.69, 9.17) is 0 Å². The van der Waals surface area contributed by atoms with Crippen molar-refractivity contribution in [2.45, 2.75) is 5.25 Å². The standard InChI is InChI=1S/C11H16N4OS2/c1-12-11(16)9-2-3-10(15-14-9)13-6-8-7-17-4-5-18-8/h2-3,8H,4-7H2,1H3,(H,12,16)(H,13,15). The van der Waals surface area contributed by atoms with Crippen LogP contribution in [0.5, 0.6) is 0 Å². The first-order chi connectivity index (χ1) is 8.79. The van der Waals surface area contributed by atoms with Gasteiger partial charge in [-0.1, -0.05) is 0 Å². The van der Waals surface area contributed by atoms with Crippen LogP contribution < -0.4 is 10.6 Å². The van der Waals surface area contributed by atoms with E-state index in [1.54, 1.807) is 19.2 Å². The Bertz CT molecular complexity index is 393. The van der Waals surface area contributed by atoms with Crippen LogP contribution in [0.4, 0.5) is 5.82 Å². The van der Waals surface area contributed by atoms with Crippen LogP contribution in [0.1, 0.15) is 10.5 Å². The molecule has 1 amide bonds. The topological polar surface area (TPSA) is 66.9 Å². The fourth-order valence-corrected chi connectivity index (χ4v) is 4.16. The van der Waals surface area contributed by atoms with E-state index in [9.17, 15) is 4.79 Å². The summed E-state index contributed by atoms with van der Waals surface area (Å²) in [5.74, 6) is 4.16. The first-order valence-electron chi connectivity index (χ1n) is 5.78. The molecule has 1 atom stereocenters. The maximum absolute atomic E-state index is 11.3. The van der Waals surface area contributed by atoms with Crippen molar-refractivity contribution in [3.05, 3.63) is 17.8 Å². The third kappa shape index (κ3) is 3.78. The molecule has 2 heterocycles. The molecule has 18 heavy (non-hydrogen) atoms. The highest BCUT2D eigenvalue weighted by atomic mass is 32.2. The zero-order valence-electron chi connectivity index (χ0n) is 10.2. The lowest BCUT2D eigenvalue weighted by Crippen LogP contribution is -2.24. The third-order valence-corrected chi connectivity index (χ3v) is 5.36. The highest BCUT2D eigenvalue weighted by Gasteiger charge is 2.14. The monoisotopic (exact) mass is 284 g/mol. The molecule has 0 radical (unpaired) electrons. The molecule has 1 aliphatic rings. The van der Waals surface area contributed by atoms with Gasteiger partial charge in [0.25, 0.3) is 5.91 Å². The molecule has 0 spiro atoms. The Balaban J connectivity index is 1.84. The van der Waals surface area contributed by atoms with Crippen LogP contribution in [0, 0.1) is 0 Å². The largest absolute Gasteiger partial charge is 0.367 e. The van der Waals surface area contributed by atoms with Crippen LogP contribution in [-0.4, -0.2) is 52.2 Å². The Morgan fingerprint density at radius 3 is 2.94 bits per heavy atom. The minimum absolute atomic E-state index is 0.215. The summed E-state index contributed by atoms with van der Waals surface area (Å²) in [6, 6.07) is 3.47. The molecular formula is C11H16N4OS2. The van der Waals surface area contributed by atoms with Gasteiger partial charge in [-0.2, -0.15) is 23.5 Å². The second kappa shape index (κ2) is 6.84. The normalized spacial score (nSPS) is 19.3. The van der Waals surface area contributed by atoms with Crippen LogP contribution in [-0.2, 0) is 0 Å². The summed E-state index contributed by atoms with van der Waals surface area (Å²) in [5.41, 5.74) is 0.339. The molecule has 1 unspecified atom stereocenters. The van der Waals surface area contributed by atoms with E-state index in [2.05, 4.69) is 20.8 Å². The second-order valence-corrected chi connectivity index (χ2v) is 6.39. The van der Waals surface area contributed by atoms with Gasteiger partial charge in [0.15, 0.2) is 5.69 Å². The van der Waals surface area contributed by atoms with Gasteiger partial charge < -0.3 is 10.6 Å². The molecule has 0 bridgehead atoms. The number of rotatable bonds is 4. The highest BCUT2D eigenvalue weighted by Crippen LogP contribution is 2.23. The fourth-order valence-electron chi connectivity index (χ4n) is 1.55. The van der Waals surface area contributed by atoms with Crippen molar-refractivity contribution in [2.24, 2.45) is 0 Å². The Morgan fingerprint density at radius 1 is 1.44 bits per heavy atom. The fraction of sp³-hybridized carbons (Fsp3) is 0.545. The smallest absolute Gasteiger partial charge is 0.271 e. The Labute approximate surface area is 115 Å². The zero-order valence-corrected chi connectivity index (χ0v) is 11.8. The van der Waals surface area contributed by atoms with Crippen LogP contribution in [0.15, 0.2) is 12.1 Å². The molecule has 2 rings (SSSR count). The van der Waals surface area contributed by atoms with Gasteiger partial charge in [-0.3, -0.25) is 4.79 Å². The number of thioether (sulfide) groups is 2. The molecule has 1 aromatic heterocycles. The molecule has 1 saturated heterocycles. The van der Waals surface area contributed by atoms with Crippen molar-refractivity contribution < 1.29 is 4.79 Å². The number of hydrogen-bond acceptors (Lipinski definition) is 6. The van der Waals surface area contributed by atoms with E-state index in [0.29, 0.717) is 10.9 Å². The molecule has 0 aliphatic carbocycles. The number of nitrogens with one attached hydrogen (secondary N) is 2. The Hall–Kier alpha value is -0.950. The number of aromatic nitrogens is 2. The molecule has 1 aromatic rings. The van der Waals surface area contributed by atoms with Crippen LogP contribution in [0.25, 0.3) is 0 Å². The molecule has 98 valence electrons. The number of carbonyl (C=O) groups excluding carboxylic acids is 1. The lowest BCUT2D eigenvalue weighted by molar-refractivity contribution is 0.0957. The summed E-state index contributed by atoms with van der Waals surface area (Å²) in [5, 5.41) is 14.3. The molecule has 0 aromatic carbocycles. The van der Waals surface area contributed by atoms with Gasteiger partial charge in [-0.15, -0.1) is 10.2 Å². The quantitative estimate of drug-likeness (QED) is 0.863. The predicted molar refractivity (Wildman–Crippen MR) is 77.5 cm³/mol. The first-order valence-corrected chi connectivity index (χ1v) is 7.99. The lowest BCUT2D eigenvalue weighted by atomic mass is 10.3. The van der Waals surface area contributed by atoms with Gasteiger partial charge in [-0.25, -0.2) is 0 Å². The molecule has 1 fully saturated rings. The molecule has 5 nitrogen and oxygen atoms in total. The molecule has 7 heteroatoms. The van der Waals surface area contributed by atoms with E-state index in [0.717, 1.165) is 12.4 Å². The summed E-state index contributed by atoms with van der Waals surface area (Å²) in [4.78, 5) is 11.3. The average molecular weight is 284 g/mol. The van der Waals surface area contributed by atoms with Crippen molar-refractivity contribution in [1.29, 1.82) is 0 Å². The maximum atomic E-state index is 11.3. The second-order valence-electron chi connectivity index (χ2n) is 3.83. The number of nitrogens with zero attached hydrogens (tertiary/aromatic N) is 2. The summed E-state index contributed by atoms with van der Waals surface area (Å²) in [6.07, 6.45) is 0. The number of carbonyl (C=O) groups is 1. The van der Waals surface area contributed by atoms with Gasteiger partial charge in [0.05, 0.1) is 0 Å². The van der Waals surface area contributed by atoms with Crippen molar-refractivity contribution in [3.8, 4) is 0 Å². The van der Waals surface area contributed by atoms with Gasteiger partial charge in [0.1, 0.15) is 5.82 Å². The number of hydrogen-bond donors (Lipinski definition) is 2. The minimum Gasteiger partial charge on any atom is -0.367 e. The molecule has 2 N–H and O–H groups in total. The van der Waals surface area contributed by atoms with Crippen molar-refractivity contribution in [2.75, 3.05) is 36.2 Å². The average Bonchev–Trinajstić information content (AvgIpc) is 2.46. The van der Waals surface area contributed by atoms with Crippen molar-refractivity contribution in [3.63, 3.8) is 0 Å². The minimum atomic E-state index is -0.215. The van der Waals surface area contributed by atoms with Crippen LogP contribution in [0.2, 0.25) is 0 Å². The zero-order chi connectivity index (χ0) is 12.8. The van der Waals surface area contributed by atoms with E-state index < -0.39 is 0 Å². The van der Waals surface area contributed by atoms with Gasteiger partial charge in [0, 0.05) is 36.1 Å². The molecule has 0 saturated carbocycles. The van der Waals surface area contributed by atoms with Gasteiger partial charge in [0.2, 0.25) is 0 Å². The molecular weight excluding hydrogens is 268 g/mol. The van der Waals surface area contributed by atoms with E-state index >= 15 is 0 Å². The Morgan fingerprint density at radius 2 is 2.33 bits per heavy atom. The van der Waals surface area contributed by atoms with Gasteiger partial charge >= 0.3 is 0 Å². The number of amides is 1.